The fraction of sp³-hybridized carbons (Fsp3) is 0.250. The van der Waals surface area contributed by atoms with Crippen LogP contribution in [0.5, 0.6) is 0 Å². The molecule has 5 nitrogen and oxygen atoms in total. The molecule has 0 saturated carbocycles. The van der Waals surface area contributed by atoms with E-state index in [0.717, 1.165) is 0 Å². The topological polar surface area (TPSA) is 71.3 Å². The van der Waals surface area contributed by atoms with E-state index >= 15 is 0 Å². The molecule has 2 aromatic rings. The average molecular weight is 304 g/mol. The second kappa shape index (κ2) is 6.89. The van der Waals surface area contributed by atoms with E-state index in [0.29, 0.717) is 17.7 Å². The van der Waals surface area contributed by atoms with Crippen LogP contribution in [0.15, 0.2) is 41.0 Å². The second-order valence-corrected chi connectivity index (χ2v) is 5.08. The van der Waals surface area contributed by atoms with Gasteiger partial charge in [0.2, 0.25) is 0 Å². The van der Waals surface area contributed by atoms with Gasteiger partial charge in [0.1, 0.15) is 11.6 Å². The van der Waals surface area contributed by atoms with Crippen molar-refractivity contribution in [1.82, 2.24) is 5.32 Å². The van der Waals surface area contributed by atoms with Gasteiger partial charge in [-0.2, -0.15) is 0 Å². The molecule has 0 aliphatic carbocycles. The van der Waals surface area contributed by atoms with Gasteiger partial charge in [-0.3, -0.25) is 9.59 Å². The molecule has 1 aromatic heterocycles. The zero-order chi connectivity index (χ0) is 16.1. The van der Waals surface area contributed by atoms with E-state index in [1.807, 2.05) is 0 Å². The third-order valence-corrected chi connectivity index (χ3v) is 3.10. The lowest BCUT2D eigenvalue weighted by molar-refractivity contribution is -0.136. The van der Waals surface area contributed by atoms with E-state index < -0.39 is 17.6 Å². The molecule has 2 amide bonds. The molecule has 0 saturated heterocycles. The number of amides is 2. The number of aryl methyl sites for hydroxylation is 1. The summed E-state index contributed by atoms with van der Waals surface area (Å²) in [6.45, 7) is 3.38. The van der Waals surface area contributed by atoms with Crippen molar-refractivity contribution in [3.8, 4) is 0 Å². The third-order valence-electron chi connectivity index (χ3n) is 3.10. The molecule has 22 heavy (non-hydrogen) atoms. The zero-order valence-corrected chi connectivity index (χ0v) is 12.4. The fourth-order valence-corrected chi connectivity index (χ4v) is 1.93. The number of furan rings is 1. The summed E-state index contributed by atoms with van der Waals surface area (Å²) in [7, 11) is 0. The highest BCUT2D eigenvalue weighted by Crippen LogP contribution is 2.13. The van der Waals surface area contributed by atoms with Gasteiger partial charge in [0.05, 0.1) is 6.26 Å². The molecule has 6 heteroatoms. The van der Waals surface area contributed by atoms with Crippen molar-refractivity contribution in [2.75, 3.05) is 5.32 Å². The van der Waals surface area contributed by atoms with Crippen LogP contribution in [0.1, 0.15) is 18.2 Å². The summed E-state index contributed by atoms with van der Waals surface area (Å²) in [5.41, 5.74) is 0.705. The van der Waals surface area contributed by atoms with Crippen molar-refractivity contribution in [3.63, 3.8) is 0 Å². The highest BCUT2D eigenvalue weighted by molar-refractivity contribution is 6.39. The van der Waals surface area contributed by atoms with Crippen LogP contribution in [0.4, 0.5) is 10.1 Å². The summed E-state index contributed by atoms with van der Waals surface area (Å²) >= 11 is 0. The molecule has 0 fully saturated rings. The van der Waals surface area contributed by atoms with Crippen molar-refractivity contribution in [2.45, 2.75) is 26.3 Å². The van der Waals surface area contributed by atoms with Crippen LogP contribution in [0.25, 0.3) is 0 Å². The minimum Gasteiger partial charge on any atom is -0.469 e. The lowest BCUT2D eigenvalue weighted by Gasteiger charge is -2.12. The molecule has 0 aliphatic rings. The number of hydrogen-bond acceptors (Lipinski definition) is 3. The quantitative estimate of drug-likeness (QED) is 0.852. The van der Waals surface area contributed by atoms with Crippen molar-refractivity contribution in [2.24, 2.45) is 0 Å². The summed E-state index contributed by atoms with van der Waals surface area (Å²) in [5.74, 6) is -1.34. The number of carbonyl (C=O) groups is 2. The molecule has 116 valence electrons. The van der Waals surface area contributed by atoms with Crippen molar-refractivity contribution < 1.29 is 18.4 Å². The number of carbonyl (C=O) groups excluding carboxylic acids is 2. The van der Waals surface area contributed by atoms with Crippen molar-refractivity contribution in [1.29, 1.82) is 0 Å². The average Bonchev–Trinajstić information content (AvgIpc) is 2.95. The Morgan fingerprint density at radius 2 is 2.05 bits per heavy atom. The summed E-state index contributed by atoms with van der Waals surface area (Å²) < 4.78 is 18.6. The van der Waals surface area contributed by atoms with E-state index in [2.05, 4.69) is 10.6 Å². The summed E-state index contributed by atoms with van der Waals surface area (Å²) in [6, 6.07) is 7.52. The SMILES string of the molecule is Cc1ccc(NC(=O)C(=O)N[C@@H](C)Cc2ccco2)cc1F. The first kappa shape index (κ1) is 15.8. The summed E-state index contributed by atoms with van der Waals surface area (Å²) in [4.78, 5) is 23.6. The molecular weight excluding hydrogens is 287 g/mol. The van der Waals surface area contributed by atoms with Gasteiger partial charge in [0.25, 0.3) is 0 Å². The Kier molecular flexibility index (Phi) is 4.93. The van der Waals surface area contributed by atoms with Gasteiger partial charge in [-0.25, -0.2) is 4.39 Å². The fourth-order valence-electron chi connectivity index (χ4n) is 1.93. The molecule has 1 aromatic carbocycles. The third kappa shape index (κ3) is 4.18. The molecule has 0 radical (unpaired) electrons. The predicted octanol–water partition coefficient (Wildman–Crippen LogP) is 2.41. The molecule has 2 N–H and O–H groups in total. The van der Waals surface area contributed by atoms with E-state index in [9.17, 15) is 14.0 Å². The van der Waals surface area contributed by atoms with Crippen LogP contribution >= 0.6 is 0 Å². The number of nitrogens with one attached hydrogen (secondary N) is 2. The number of benzene rings is 1. The minimum absolute atomic E-state index is 0.238. The minimum atomic E-state index is -0.838. The van der Waals surface area contributed by atoms with E-state index in [4.69, 9.17) is 4.42 Å². The first-order chi connectivity index (χ1) is 10.5. The van der Waals surface area contributed by atoms with Gasteiger partial charge in [-0.15, -0.1) is 0 Å². The maximum Gasteiger partial charge on any atom is 0.313 e. The Balaban J connectivity index is 1.88. The van der Waals surface area contributed by atoms with Gasteiger partial charge in [-0.05, 0) is 43.7 Å². The van der Waals surface area contributed by atoms with Crippen LogP contribution in [0.3, 0.4) is 0 Å². The van der Waals surface area contributed by atoms with Crippen LogP contribution in [0.2, 0.25) is 0 Å². The largest absolute Gasteiger partial charge is 0.469 e. The molecule has 1 heterocycles. The Labute approximate surface area is 127 Å². The maximum atomic E-state index is 13.4. The standard InChI is InChI=1S/C16H17FN2O3/c1-10-5-6-12(9-14(10)17)19-16(21)15(20)18-11(2)8-13-4-3-7-22-13/h3-7,9,11H,8H2,1-2H3,(H,18,20)(H,19,21)/t11-/m0/s1. The number of halogens is 1. The normalized spacial score (nSPS) is 11.8. The summed E-state index contributed by atoms with van der Waals surface area (Å²) in [6.07, 6.45) is 2.02. The second-order valence-electron chi connectivity index (χ2n) is 5.08. The molecule has 0 bridgehead atoms. The Morgan fingerprint density at radius 1 is 1.27 bits per heavy atom. The maximum absolute atomic E-state index is 13.4. The lowest BCUT2D eigenvalue weighted by atomic mass is 10.2. The Hall–Kier alpha value is -2.63. The monoisotopic (exact) mass is 304 g/mol. The number of anilines is 1. The Bertz CT molecular complexity index is 668. The lowest BCUT2D eigenvalue weighted by Crippen LogP contribution is -2.41. The van der Waals surface area contributed by atoms with Crippen molar-refractivity contribution in [3.05, 3.63) is 53.7 Å². The van der Waals surface area contributed by atoms with E-state index in [-0.39, 0.29) is 11.7 Å². The highest BCUT2D eigenvalue weighted by Gasteiger charge is 2.17. The predicted molar refractivity (Wildman–Crippen MR) is 79.8 cm³/mol. The van der Waals surface area contributed by atoms with Gasteiger partial charge >= 0.3 is 11.8 Å². The molecule has 2 rings (SSSR count). The first-order valence-corrected chi connectivity index (χ1v) is 6.86. The van der Waals surface area contributed by atoms with Gasteiger partial charge in [-0.1, -0.05) is 6.07 Å². The molecular formula is C16H17FN2O3. The zero-order valence-electron chi connectivity index (χ0n) is 12.4. The summed E-state index contributed by atoms with van der Waals surface area (Å²) in [5, 5.41) is 4.92. The van der Waals surface area contributed by atoms with Crippen LogP contribution < -0.4 is 10.6 Å². The van der Waals surface area contributed by atoms with Gasteiger partial charge in [0.15, 0.2) is 0 Å². The van der Waals surface area contributed by atoms with Crippen LogP contribution in [0, 0.1) is 12.7 Å². The van der Waals surface area contributed by atoms with Gasteiger partial charge < -0.3 is 15.1 Å². The molecule has 1 atom stereocenters. The van der Waals surface area contributed by atoms with Gasteiger partial charge in [0, 0.05) is 18.2 Å². The Morgan fingerprint density at radius 3 is 2.68 bits per heavy atom. The highest BCUT2D eigenvalue weighted by atomic mass is 19.1. The number of hydrogen-bond donors (Lipinski definition) is 2. The van der Waals surface area contributed by atoms with Crippen molar-refractivity contribution >= 4 is 17.5 Å². The van der Waals surface area contributed by atoms with E-state index in [1.165, 1.54) is 18.2 Å². The molecule has 0 unspecified atom stereocenters. The smallest absolute Gasteiger partial charge is 0.313 e. The van der Waals surface area contributed by atoms with E-state index in [1.54, 1.807) is 32.2 Å². The van der Waals surface area contributed by atoms with Crippen LogP contribution in [-0.4, -0.2) is 17.9 Å². The van der Waals surface area contributed by atoms with Crippen LogP contribution in [-0.2, 0) is 16.0 Å². The first-order valence-electron chi connectivity index (χ1n) is 6.86. The number of rotatable bonds is 4. The molecule has 0 aliphatic heterocycles. The molecule has 0 spiro atoms.